The summed E-state index contributed by atoms with van der Waals surface area (Å²) in [7, 11) is 0. The van der Waals surface area contributed by atoms with Gasteiger partial charge >= 0.3 is 0 Å². The Hall–Kier alpha value is -3.06. The van der Waals surface area contributed by atoms with Crippen molar-refractivity contribution in [1.29, 1.82) is 0 Å². The minimum Gasteiger partial charge on any atom is -0.485 e. The first kappa shape index (κ1) is 20.7. The lowest BCUT2D eigenvalue weighted by Gasteiger charge is -2.12. The van der Waals surface area contributed by atoms with Crippen molar-refractivity contribution in [2.45, 2.75) is 32.2 Å². The lowest BCUT2D eigenvalue weighted by atomic mass is 10.1. The zero-order chi connectivity index (χ0) is 20.6. The number of anilines is 1. The van der Waals surface area contributed by atoms with Crippen LogP contribution in [0.4, 0.5) is 5.69 Å². The van der Waals surface area contributed by atoms with Crippen molar-refractivity contribution in [1.82, 2.24) is 14.8 Å². The monoisotopic (exact) mass is 408 g/mol. The van der Waals surface area contributed by atoms with E-state index in [4.69, 9.17) is 4.74 Å². The first-order valence-corrected chi connectivity index (χ1v) is 10.3. The van der Waals surface area contributed by atoms with Gasteiger partial charge in [0.25, 0.3) is 0 Å². The van der Waals surface area contributed by atoms with E-state index in [-0.39, 0.29) is 11.7 Å². The molecule has 3 aromatic rings. The number of allylic oxidation sites excluding steroid dienone is 1. The molecule has 1 amide bonds. The van der Waals surface area contributed by atoms with Crippen LogP contribution in [0.2, 0.25) is 0 Å². The lowest BCUT2D eigenvalue weighted by molar-refractivity contribution is -0.113. The Morgan fingerprint density at radius 1 is 1.14 bits per heavy atom. The normalized spacial score (nSPS) is 10.6. The molecule has 3 rings (SSSR count). The quantitative estimate of drug-likeness (QED) is 0.420. The number of benzene rings is 2. The number of thioether (sulfide) groups is 1. The van der Waals surface area contributed by atoms with E-state index in [1.54, 1.807) is 6.08 Å². The summed E-state index contributed by atoms with van der Waals surface area (Å²) in [5, 5.41) is 12.0. The average molecular weight is 409 g/mol. The Labute approximate surface area is 175 Å². The third-order valence-corrected chi connectivity index (χ3v) is 5.22. The number of ether oxygens (including phenoxy) is 1. The van der Waals surface area contributed by atoms with E-state index in [2.05, 4.69) is 22.1 Å². The molecule has 1 N–H and O–H groups in total. The third-order valence-electron chi connectivity index (χ3n) is 4.25. The molecule has 0 aliphatic rings. The van der Waals surface area contributed by atoms with Crippen LogP contribution in [0.25, 0.3) is 0 Å². The van der Waals surface area contributed by atoms with E-state index >= 15 is 0 Å². The Kier molecular flexibility index (Phi) is 7.08. The van der Waals surface area contributed by atoms with Gasteiger partial charge in [-0.1, -0.05) is 54.2 Å². The van der Waals surface area contributed by atoms with E-state index < -0.39 is 0 Å². The highest BCUT2D eigenvalue weighted by Crippen LogP contribution is 2.24. The molecule has 0 bridgehead atoms. The number of aromatic nitrogens is 3. The maximum atomic E-state index is 12.2. The maximum Gasteiger partial charge on any atom is 0.234 e. The largest absolute Gasteiger partial charge is 0.485 e. The number of amides is 1. The van der Waals surface area contributed by atoms with Crippen molar-refractivity contribution in [2.24, 2.45) is 0 Å². The van der Waals surface area contributed by atoms with Crippen LogP contribution in [0.3, 0.4) is 0 Å². The predicted molar refractivity (Wildman–Crippen MR) is 116 cm³/mol. The van der Waals surface area contributed by atoms with Crippen LogP contribution in [0, 0.1) is 13.8 Å². The molecule has 0 radical (unpaired) electrons. The molecule has 0 saturated carbocycles. The van der Waals surface area contributed by atoms with Gasteiger partial charge in [-0.15, -0.1) is 16.8 Å². The molecular formula is C22H24N4O2S. The Balaban J connectivity index is 1.65. The summed E-state index contributed by atoms with van der Waals surface area (Å²) in [6.07, 6.45) is 1.78. The van der Waals surface area contributed by atoms with Crippen LogP contribution in [-0.2, 0) is 17.9 Å². The first-order chi connectivity index (χ1) is 14.1. The van der Waals surface area contributed by atoms with Gasteiger partial charge in [-0.3, -0.25) is 9.36 Å². The van der Waals surface area contributed by atoms with Crippen molar-refractivity contribution in [3.05, 3.63) is 78.1 Å². The summed E-state index contributed by atoms with van der Waals surface area (Å²) in [4.78, 5) is 12.2. The SMILES string of the molecule is C=CCn1c(COc2c(C)cccc2C)nnc1SCC(=O)Nc1ccccc1. The van der Waals surface area contributed by atoms with Gasteiger partial charge in [0, 0.05) is 12.2 Å². The van der Waals surface area contributed by atoms with E-state index in [1.807, 2.05) is 66.9 Å². The van der Waals surface area contributed by atoms with Gasteiger partial charge in [0.05, 0.1) is 5.75 Å². The molecule has 150 valence electrons. The van der Waals surface area contributed by atoms with E-state index in [1.165, 1.54) is 11.8 Å². The minimum absolute atomic E-state index is 0.0947. The average Bonchev–Trinajstić information content (AvgIpc) is 3.09. The number of rotatable bonds is 9. The number of aryl methyl sites for hydroxylation is 2. The standard InChI is InChI=1S/C22H24N4O2S/c1-4-13-26-19(14-28-21-16(2)9-8-10-17(21)3)24-25-22(26)29-15-20(27)23-18-11-6-5-7-12-18/h4-12H,1,13-15H2,2-3H3,(H,23,27). The third kappa shape index (κ3) is 5.48. The Morgan fingerprint density at radius 3 is 2.55 bits per heavy atom. The highest BCUT2D eigenvalue weighted by molar-refractivity contribution is 7.99. The van der Waals surface area contributed by atoms with Gasteiger partial charge in [0.1, 0.15) is 12.4 Å². The van der Waals surface area contributed by atoms with Crippen LogP contribution < -0.4 is 10.1 Å². The molecule has 0 unspecified atom stereocenters. The van der Waals surface area contributed by atoms with Crippen LogP contribution in [0.1, 0.15) is 17.0 Å². The zero-order valence-corrected chi connectivity index (χ0v) is 17.4. The van der Waals surface area contributed by atoms with Crippen molar-refractivity contribution in [3.8, 4) is 5.75 Å². The summed E-state index contributed by atoms with van der Waals surface area (Å²) in [5.74, 6) is 1.69. The summed E-state index contributed by atoms with van der Waals surface area (Å²) >= 11 is 1.34. The van der Waals surface area contributed by atoms with Gasteiger partial charge in [0.15, 0.2) is 11.0 Å². The lowest BCUT2D eigenvalue weighted by Crippen LogP contribution is -2.15. The topological polar surface area (TPSA) is 69.0 Å². The van der Waals surface area contributed by atoms with Gasteiger partial charge in [-0.05, 0) is 37.1 Å². The van der Waals surface area contributed by atoms with E-state index in [0.29, 0.717) is 24.1 Å². The van der Waals surface area contributed by atoms with Crippen LogP contribution in [-0.4, -0.2) is 26.4 Å². The van der Waals surface area contributed by atoms with Crippen molar-refractivity contribution < 1.29 is 9.53 Å². The molecule has 0 aliphatic carbocycles. The van der Waals surface area contributed by atoms with Crippen molar-refractivity contribution in [2.75, 3.05) is 11.1 Å². The highest BCUT2D eigenvalue weighted by atomic mass is 32.2. The van der Waals surface area contributed by atoms with E-state index in [0.717, 1.165) is 22.6 Å². The second-order valence-electron chi connectivity index (χ2n) is 6.51. The molecule has 6 nitrogen and oxygen atoms in total. The zero-order valence-electron chi connectivity index (χ0n) is 16.6. The van der Waals surface area contributed by atoms with Crippen LogP contribution in [0.5, 0.6) is 5.75 Å². The molecule has 29 heavy (non-hydrogen) atoms. The van der Waals surface area contributed by atoms with Gasteiger partial charge < -0.3 is 10.1 Å². The van der Waals surface area contributed by atoms with Crippen LogP contribution in [0.15, 0.2) is 66.3 Å². The molecule has 0 spiro atoms. The second kappa shape index (κ2) is 9.93. The molecule has 7 heteroatoms. The molecule has 0 fully saturated rings. The predicted octanol–water partition coefficient (Wildman–Crippen LogP) is 4.39. The molecular weight excluding hydrogens is 384 g/mol. The summed E-state index contributed by atoms with van der Waals surface area (Å²) in [5.41, 5.74) is 2.92. The summed E-state index contributed by atoms with van der Waals surface area (Å²) in [6.45, 7) is 8.68. The molecule has 2 aromatic carbocycles. The molecule has 0 atom stereocenters. The molecule has 0 saturated heterocycles. The highest BCUT2D eigenvalue weighted by Gasteiger charge is 2.15. The number of nitrogens with zero attached hydrogens (tertiary/aromatic N) is 3. The number of hydrogen-bond donors (Lipinski definition) is 1. The fourth-order valence-electron chi connectivity index (χ4n) is 2.86. The van der Waals surface area contributed by atoms with Crippen molar-refractivity contribution in [3.63, 3.8) is 0 Å². The second-order valence-corrected chi connectivity index (χ2v) is 7.45. The smallest absolute Gasteiger partial charge is 0.234 e. The van der Waals surface area contributed by atoms with Crippen LogP contribution >= 0.6 is 11.8 Å². The summed E-state index contributed by atoms with van der Waals surface area (Å²) in [6, 6.07) is 15.4. The van der Waals surface area contributed by atoms with Gasteiger partial charge in [-0.25, -0.2) is 0 Å². The number of hydrogen-bond acceptors (Lipinski definition) is 5. The van der Waals surface area contributed by atoms with Crippen molar-refractivity contribution >= 4 is 23.4 Å². The van der Waals surface area contributed by atoms with E-state index in [9.17, 15) is 4.79 Å². The molecule has 1 aromatic heterocycles. The number of nitrogens with one attached hydrogen (secondary N) is 1. The molecule has 0 aliphatic heterocycles. The first-order valence-electron chi connectivity index (χ1n) is 9.28. The maximum absolute atomic E-state index is 12.2. The fourth-order valence-corrected chi connectivity index (χ4v) is 3.62. The number of carbonyl (C=O) groups excluding carboxylic acids is 1. The van der Waals surface area contributed by atoms with Gasteiger partial charge in [-0.2, -0.15) is 0 Å². The van der Waals surface area contributed by atoms with Gasteiger partial charge in [0.2, 0.25) is 5.91 Å². The Morgan fingerprint density at radius 2 is 1.86 bits per heavy atom. The minimum atomic E-state index is -0.0947. The molecule has 1 heterocycles. The number of para-hydroxylation sites is 2. The Bertz CT molecular complexity index is 965. The number of carbonyl (C=O) groups is 1. The summed E-state index contributed by atoms with van der Waals surface area (Å²) < 4.78 is 7.93. The fraction of sp³-hybridized carbons (Fsp3) is 0.227.